The van der Waals surface area contributed by atoms with E-state index in [9.17, 15) is 0 Å². The molecule has 1 aliphatic heterocycles. The molecular weight excluding hydrogens is 236 g/mol. The molecule has 0 unspecified atom stereocenters. The van der Waals surface area contributed by atoms with Crippen LogP contribution in [0.1, 0.15) is 47.5 Å². The van der Waals surface area contributed by atoms with Gasteiger partial charge in [-0.05, 0) is 38.6 Å². The molecule has 0 radical (unpaired) electrons. The van der Waals surface area contributed by atoms with Gasteiger partial charge in [0.2, 0.25) is 0 Å². The standard InChI is InChI=1S/C16H34N2O/c1-15(2)19-14-13-18-11-9-17(10-12-18)8-6-7-16(3,4)5/h15H,6-14H2,1-5H3. The van der Waals surface area contributed by atoms with E-state index in [1.54, 1.807) is 0 Å². The Morgan fingerprint density at radius 3 is 1.95 bits per heavy atom. The Bertz CT molecular complexity index is 227. The van der Waals surface area contributed by atoms with Crippen LogP contribution in [0, 0.1) is 5.41 Å². The fourth-order valence-electron chi connectivity index (χ4n) is 2.49. The molecule has 1 fully saturated rings. The van der Waals surface area contributed by atoms with E-state index < -0.39 is 0 Å². The molecule has 3 nitrogen and oxygen atoms in total. The third-order valence-electron chi connectivity index (χ3n) is 3.72. The van der Waals surface area contributed by atoms with Crippen LogP contribution in [0.4, 0.5) is 0 Å². The Balaban J connectivity index is 2.05. The smallest absolute Gasteiger partial charge is 0.0596 e. The van der Waals surface area contributed by atoms with E-state index in [1.807, 2.05) is 0 Å². The van der Waals surface area contributed by atoms with Crippen molar-refractivity contribution in [3.63, 3.8) is 0 Å². The zero-order chi connectivity index (χ0) is 14.3. The largest absolute Gasteiger partial charge is 0.377 e. The van der Waals surface area contributed by atoms with Crippen molar-refractivity contribution >= 4 is 0 Å². The average molecular weight is 270 g/mol. The first-order valence-electron chi connectivity index (χ1n) is 7.93. The Morgan fingerprint density at radius 1 is 0.947 bits per heavy atom. The lowest BCUT2D eigenvalue weighted by atomic mass is 9.90. The first kappa shape index (κ1) is 16.9. The second kappa shape index (κ2) is 8.23. The molecule has 0 bridgehead atoms. The predicted octanol–water partition coefficient (Wildman–Crippen LogP) is 2.86. The van der Waals surface area contributed by atoms with Gasteiger partial charge in [0.1, 0.15) is 0 Å². The average Bonchev–Trinajstić information content (AvgIpc) is 2.29. The minimum Gasteiger partial charge on any atom is -0.377 e. The minimum atomic E-state index is 0.360. The molecule has 0 saturated carbocycles. The molecule has 0 aromatic heterocycles. The van der Waals surface area contributed by atoms with Crippen molar-refractivity contribution in [2.45, 2.75) is 53.6 Å². The Labute approximate surface area is 120 Å². The zero-order valence-corrected chi connectivity index (χ0v) is 13.7. The van der Waals surface area contributed by atoms with Crippen LogP contribution in [0.2, 0.25) is 0 Å². The topological polar surface area (TPSA) is 15.7 Å². The van der Waals surface area contributed by atoms with Crippen molar-refractivity contribution in [2.75, 3.05) is 45.9 Å². The summed E-state index contributed by atoms with van der Waals surface area (Å²) in [6, 6.07) is 0. The molecular formula is C16H34N2O. The monoisotopic (exact) mass is 270 g/mol. The molecule has 0 atom stereocenters. The van der Waals surface area contributed by atoms with Crippen LogP contribution in [0.25, 0.3) is 0 Å². The van der Waals surface area contributed by atoms with Gasteiger partial charge in [0, 0.05) is 32.7 Å². The molecule has 1 aliphatic rings. The highest BCUT2D eigenvalue weighted by Crippen LogP contribution is 2.20. The predicted molar refractivity (Wildman–Crippen MR) is 82.7 cm³/mol. The maximum absolute atomic E-state index is 5.62. The molecule has 1 saturated heterocycles. The van der Waals surface area contributed by atoms with Crippen LogP contribution in [-0.2, 0) is 4.74 Å². The van der Waals surface area contributed by atoms with Gasteiger partial charge < -0.3 is 9.64 Å². The van der Waals surface area contributed by atoms with Gasteiger partial charge >= 0.3 is 0 Å². The summed E-state index contributed by atoms with van der Waals surface area (Å²) < 4.78 is 5.62. The van der Waals surface area contributed by atoms with E-state index in [4.69, 9.17) is 4.74 Å². The van der Waals surface area contributed by atoms with Gasteiger partial charge in [-0.3, -0.25) is 4.90 Å². The van der Waals surface area contributed by atoms with Crippen molar-refractivity contribution in [1.82, 2.24) is 9.80 Å². The highest BCUT2D eigenvalue weighted by atomic mass is 16.5. The molecule has 3 heteroatoms. The van der Waals surface area contributed by atoms with Crippen LogP contribution in [0.15, 0.2) is 0 Å². The minimum absolute atomic E-state index is 0.360. The molecule has 0 aliphatic carbocycles. The summed E-state index contributed by atoms with van der Waals surface area (Å²) in [5.41, 5.74) is 0.482. The van der Waals surface area contributed by atoms with Gasteiger partial charge in [0.15, 0.2) is 0 Å². The van der Waals surface area contributed by atoms with Crippen molar-refractivity contribution < 1.29 is 4.74 Å². The normalized spacial score (nSPS) is 19.3. The molecule has 0 spiro atoms. The summed E-state index contributed by atoms with van der Waals surface area (Å²) >= 11 is 0. The second-order valence-corrected chi connectivity index (χ2v) is 7.27. The summed E-state index contributed by atoms with van der Waals surface area (Å²) in [5.74, 6) is 0. The van der Waals surface area contributed by atoms with Crippen LogP contribution in [0.3, 0.4) is 0 Å². The first-order chi connectivity index (χ1) is 8.87. The maximum atomic E-state index is 5.62. The Kier molecular flexibility index (Phi) is 7.33. The summed E-state index contributed by atoms with van der Waals surface area (Å²) in [6.07, 6.45) is 3.02. The molecule has 1 heterocycles. The van der Waals surface area contributed by atoms with Crippen molar-refractivity contribution in [2.24, 2.45) is 5.41 Å². The maximum Gasteiger partial charge on any atom is 0.0596 e. The summed E-state index contributed by atoms with van der Waals surface area (Å²) in [7, 11) is 0. The molecule has 1 rings (SSSR count). The molecule has 0 aromatic carbocycles. The molecule has 0 N–H and O–H groups in total. The Hall–Kier alpha value is -0.120. The third-order valence-corrected chi connectivity index (χ3v) is 3.72. The highest BCUT2D eigenvalue weighted by Gasteiger charge is 2.17. The number of piperazine rings is 1. The van der Waals surface area contributed by atoms with Crippen LogP contribution in [0.5, 0.6) is 0 Å². The fourth-order valence-corrected chi connectivity index (χ4v) is 2.49. The van der Waals surface area contributed by atoms with Crippen LogP contribution < -0.4 is 0 Å². The van der Waals surface area contributed by atoms with Gasteiger partial charge in [0.05, 0.1) is 12.7 Å². The molecule has 0 amide bonds. The third kappa shape index (κ3) is 8.61. The van der Waals surface area contributed by atoms with Crippen molar-refractivity contribution in [3.05, 3.63) is 0 Å². The van der Waals surface area contributed by atoms with Crippen molar-refractivity contribution in [1.29, 1.82) is 0 Å². The highest BCUT2D eigenvalue weighted by molar-refractivity contribution is 4.72. The van der Waals surface area contributed by atoms with Gasteiger partial charge in [-0.2, -0.15) is 0 Å². The van der Waals surface area contributed by atoms with E-state index in [0.29, 0.717) is 11.5 Å². The second-order valence-electron chi connectivity index (χ2n) is 7.27. The number of rotatable bonds is 7. The first-order valence-corrected chi connectivity index (χ1v) is 7.93. The molecule has 0 aromatic rings. The lowest BCUT2D eigenvalue weighted by Crippen LogP contribution is -2.47. The summed E-state index contributed by atoms with van der Waals surface area (Å²) in [5, 5.41) is 0. The quantitative estimate of drug-likeness (QED) is 0.707. The van der Waals surface area contributed by atoms with Gasteiger partial charge in [-0.25, -0.2) is 0 Å². The number of hydrogen-bond acceptors (Lipinski definition) is 3. The Morgan fingerprint density at radius 2 is 1.47 bits per heavy atom. The van der Waals surface area contributed by atoms with Gasteiger partial charge in [-0.1, -0.05) is 20.8 Å². The van der Waals surface area contributed by atoms with E-state index in [-0.39, 0.29) is 0 Å². The van der Waals surface area contributed by atoms with Crippen LogP contribution in [-0.4, -0.2) is 61.8 Å². The number of hydrogen-bond donors (Lipinski definition) is 0. The van der Waals surface area contributed by atoms with E-state index in [0.717, 1.165) is 13.2 Å². The number of nitrogens with zero attached hydrogens (tertiary/aromatic N) is 2. The SMILES string of the molecule is CC(C)OCCN1CCN(CCCC(C)(C)C)CC1. The lowest BCUT2D eigenvalue weighted by molar-refractivity contribution is 0.0443. The summed E-state index contributed by atoms with van der Waals surface area (Å²) in [6.45, 7) is 19.3. The van der Waals surface area contributed by atoms with Crippen LogP contribution >= 0.6 is 0 Å². The van der Waals surface area contributed by atoms with Gasteiger partial charge in [0.25, 0.3) is 0 Å². The molecule has 19 heavy (non-hydrogen) atoms. The number of ether oxygens (including phenoxy) is 1. The van der Waals surface area contributed by atoms with Crippen molar-refractivity contribution in [3.8, 4) is 0 Å². The van der Waals surface area contributed by atoms with E-state index in [2.05, 4.69) is 44.4 Å². The summed E-state index contributed by atoms with van der Waals surface area (Å²) in [4.78, 5) is 5.15. The lowest BCUT2D eigenvalue weighted by Gasteiger charge is -2.35. The molecule has 114 valence electrons. The van der Waals surface area contributed by atoms with E-state index in [1.165, 1.54) is 45.6 Å². The van der Waals surface area contributed by atoms with Gasteiger partial charge in [-0.15, -0.1) is 0 Å². The zero-order valence-electron chi connectivity index (χ0n) is 13.7. The van der Waals surface area contributed by atoms with E-state index >= 15 is 0 Å². The fraction of sp³-hybridized carbons (Fsp3) is 1.00.